The van der Waals surface area contributed by atoms with Crippen LogP contribution in [-0.4, -0.2) is 73.5 Å². The molecule has 288 valence electrons. The van der Waals surface area contributed by atoms with E-state index in [1.165, 1.54) is 49.5 Å². The Balaban J connectivity index is 1.26. The van der Waals surface area contributed by atoms with Crippen LogP contribution in [0, 0.1) is 5.82 Å². The summed E-state index contributed by atoms with van der Waals surface area (Å²) in [7, 11) is -2.64. The van der Waals surface area contributed by atoms with Gasteiger partial charge in [-0.2, -0.15) is 0 Å². The van der Waals surface area contributed by atoms with E-state index in [-0.39, 0.29) is 40.6 Å². The summed E-state index contributed by atoms with van der Waals surface area (Å²) in [6.07, 6.45) is 4.90. The van der Waals surface area contributed by atoms with Crippen LogP contribution in [0.3, 0.4) is 0 Å². The molecule has 0 radical (unpaired) electrons. The van der Waals surface area contributed by atoms with Gasteiger partial charge in [0.05, 0.1) is 17.5 Å². The molecular weight excluding hydrogens is 736 g/mol. The number of carboxylic acids is 1. The lowest BCUT2D eigenvalue weighted by Crippen LogP contribution is -2.58. The Morgan fingerprint density at radius 1 is 1.00 bits per heavy atom. The molecule has 0 aliphatic heterocycles. The topological polar surface area (TPSA) is 212 Å². The second-order valence-electron chi connectivity index (χ2n) is 13.8. The largest absolute Gasteiger partial charge is 0.507 e. The summed E-state index contributed by atoms with van der Waals surface area (Å²) in [5.41, 5.74) is 0.933. The third-order valence-corrected chi connectivity index (χ3v) is 10.9. The molecule has 2 saturated carbocycles. The Labute approximate surface area is 315 Å². The van der Waals surface area contributed by atoms with Gasteiger partial charge < -0.3 is 30.6 Å². The van der Waals surface area contributed by atoms with E-state index in [1.807, 2.05) is 0 Å². The number of carbonyl (C=O) groups is 5. The van der Waals surface area contributed by atoms with Crippen LogP contribution in [0.5, 0.6) is 0 Å². The number of hydrogen-bond donors (Lipinski definition) is 5. The molecule has 16 heteroatoms. The number of benzene rings is 3. The average molecular weight is 775 g/mol. The van der Waals surface area contributed by atoms with Crippen molar-refractivity contribution < 1.29 is 51.4 Å². The molecule has 1 aromatic heterocycles. The standard InChI is InChI=1S/C39H39FN4O10S/c1-41-36(48)34-28-17-27(23-8-9-23)29(18-32(28)54-35(34)24-10-12-26(40)13-11-24)44(55(2,52)53)21-33(47)43-39(14-3-4-15-39)38(51)42-20-22-6-5-7-25(16-22)30(45)19-31(46)37(49)50/h5-7,10-13,16-19,23,45H,3-4,8-9,14-15,20-21H2,1-2H3,(H,41,48)(H,42,51)(H,43,47)(H,49,50)/b30-19-. The number of nitrogens with one attached hydrogen (secondary N) is 3. The van der Waals surface area contributed by atoms with Crippen LogP contribution < -0.4 is 20.3 Å². The molecular formula is C39H39FN4O10S. The number of amides is 3. The highest BCUT2D eigenvalue weighted by molar-refractivity contribution is 7.92. The zero-order valence-corrected chi connectivity index (χ0v) is 30.8. The first-order valence-corrected chi connectivity index (χ1v) is 19.4. The summed E-state index contributed by atoms with van der Waals surface area (Å²) < 4.78 is 47.8. The number of hydrogen-bond acceptors (Lipinski definition) is 9. The second kappa shape index (κ2) is 15.4. The van der Waals surface area contributed by atoms with Crippen molar-refractivity contribution in [1.82, 2.24) is 16.0 Å². The number of fused-ring (bicyclic) bond motifs is 1. The van der Waals surface area contributed by atoms with Crippen molar-refractivity contribution in [1.29, 1.82) is 0 Å². The molecule has 2 aliphatic rings. The molecule has 0 bridgehead atoms. The van der Waals surface area contributed by atoms with Gasteiger partial charge in [-0.25, -0.2) is 17.6 Å². The van der Waals surface area contributed by atoms with Gasteiger partial charge >= 0.3 is 5.97 Å². The van der Waals surface area contributed by atoms with Gasteiger partial charge in [-0.1, -0.05) is 31.0 Å². The normalized spacial score (nSPS) is 15.4. The average Bonchev–Trinajstić information content (AvgIpc) is 3.77. The van der Waals surface area contributed by atoms with Gasteiger partial charge in [0.15, 0.2) is 0 Å². The van der Waals surface area contributed by atoms with Crippen LogP contribution >= 0.6 is 0 Å². The lowest BCUT2D eigenvalue weighted by molar-refractivity contribution is -0.146. The van der Waals surface area contributed by atoms with E-state index >= 15 is 0 Å². The fraction of sp³-hybridized carbons (Fsp3) is 0.308. The number of carbonyl (C=O) groups excluding carboxylic acids is 4. The highest BCUT2D eigenvalue weighted by Gasteiger charge is 2.43. The Bertz CT molecular complexity index is 2340. The summed E-state index contributed by atoms with van der Waals surface area (Å²) in [5, 5.41) is 27.7. The number of anilines is 1. The fourth-order valence-corrected chi connectivity index (χ4v) is 7.78. The number of sulfonamides is 1. The highest BCUT2D eigenvalue weighted by Crippen LogP contribution is 2.48. The van der Waals surface area contributed by atoms with Crippen molar-refractivity contribution in [3.8, 4) is 11.3 Å². The maximum atomic E-state index is 13.8. The number of rotatable bonds is 14. The van der Waals surface area contributed by atoms with Gasteiger partial charge in [0, 0.05) is 42.2 Å². The highest BCUT2D eigenvalue weighted by atomic mass is 32.2. The minimum absolute atomic E-state index is 0.0359. The van der Waals surface area contributed by atoms with Crippen molar-refractivity contribution in [3.05, 3.63) is 94.8 Å². The maximum absolute atomic E-state index is 13.8. The number of aliphatic hydroxyl groups excluding tert-OH is 1. The molecule has 0 saturated heterocycles. The van der Waals surface area contributed by atoms with Crippen LogP contribution in [0.2, 0.25) is 0 Å². The second-order valence-corrected chi connectivity index (χ2v) is 15.7. The number of aliphatic hydroxyl groups is 1. The summed E-state index contributed by atoms with van der Waals surface area (Å²) in [6, 6.07) is 14.7. The van der Waals surface area contributed by atoms with Gasteiger partial charge in [-0.15, -0.1) is 0 Å². The molecule has 0 unspecified atom stereocenters. The van der Waals surface area contributed by atoms with Crippen molar-refractivity contribution in [2.24, 2.45) is 0 Å². The van der Waals surface area contributed by atoms with Crippen molar-refractivity contribution in [2.75, 3.05) is 24.2 Å². The third kappa shape index (κ3) is 8.38. The third-order valence-electron chi connectivity index (χ3n) is 9.80. The number of furan rings is 1. The van der Waals surface area contributed by atoms with E-state index in [2.05, 4.69) is 16.0 Å². The number of aliphatic carboxylic acids is 1. The molecule has 2 fully saturated rings. The number of ketones is 1. The molecule has 5 N–H and O–H groups in total. The van der Waals surface area contributed by atoms with Crippen LogP contribution in [0.1, 0.15) is 71.5 Å². The molecule has 1 heterocycles. The molecule has 6 rings (SSSR count). The zero-order chi connectivity index (χ0) is 39.7. The van der Waals surface area contributed by atoms with E-state index in [0.29, 0.717) is 53.8 Å². The number of nitrogens with zero attached hydrogens (tertiary/aromatic N) is 1. The predicted octanol–water partition coefficient (Wildman–Crippen LogP) is 4.54. The smallest absolute Gasteiger partial charge is 0.376 e. The minimum Gasteiger partial charge on any atom is -0.507 e. The van der Waals surface area contributed by atoms with E-state index in [4.69, 9.17) is 9.52 Å². The molecule has 3 amide bonds. The van der Waals surface area contributed by atoms with Crippen LogP contribution in [-0.2, 0) is 35.7 Å². The number of carboxylic acid groups (broad SMARTS) is 1. The monoisotopic (exact) mass is 774 g/mol. The van der Waals surface area contributed by atoms with Crippen molar-refractivity contribution >= 4 is 61.9 Å². The SMILES string of the molecule is CNC(=O)c1c(-c2ccc(F)cc2)oc2cc(N(CC(=O)NC3(C(=O)NCc4cccc(/C(O)=C/C(=O)C(=O)O)c4)CCCC3)S(C)(=O)=O)c(C3CC3)cc12. The molecule has 14 nitrogen and oxygen atoms in total. The lowest BCUT2D eigenvalue weighted by atomic mass is 9.95. The zero-order valence-electron chi connectivity index (χ0n) is 30.0. The first-order chi connectivity index (χ1) is 26.1. The number of halogens is 1. The quantitative estimate of drug-likeness (QED) is 0.0686. The van der Waals surface area contributed by atoms with Crippen LogP contribution in [0.25, 0.3) is 28.1 Å². The summed E-state index contributed by atoms with van der Waals surface area (Å²) in [4.78, 5) is 63.1. The molecule has 0 spiro atoms. The van der Waals surface area contributed by atoms with Crippen molar-refractivity contribution in [3.63, 3.8) is 0 Å². The summed E-state index contributed by atoms with van der Waals surface area (Å²) in [6.45, 7) is -0.693. The summed E-state index contributed by atoms with van der Waals surface area (Å²) in [5.74, 6) is -5.63. The van der Waals surface area contributed by atoms with Gasteiger partial charge in [-0.3, -0.25) is 23.5 Å². The van der Waals surface area contributed by atoms with E-state index in [9.17, 15) is 41.9 Å². The molecule has 3 aromatic carbocycles. The molecule has 2 aliphatic carbocycles. The van der Waals surface area contributed by atoms with Gasteiger partial charge in [0.2, 0.25) is 21.8 Å². The molecule has 0 atom stereocenters. The fourth-order valence-electron chi connectivity index (χ4n) is 6.91. The minimum atomic E-state index is -4.10. The maximum Gasteiger partial charge on any atom is 0.376 e. The van der Waals surface area contributed by atoms with Gasteiger partial charge in [-0.05, 0) is 79.1 Å². The first-order valence-electron chi connectivity index (χ1n) is 17.5. The Morgan fingerprint density at radius 2 is 1.69 bits per heavy atom. The van der Waals surface area contributed by atoms with Crippen molar-refractivity contribution in [2.45, 2.75) is 56.5 Å². The van der Waals surface area contributed by atoms with E-state index < -0.39 is 63.2 Å². The van der Waals surface area contributed by atoms with Gasteiger partial charge in [0.1, 0.15) is 35.0 Å². The van der Waals surface area contributed by atoms with Crippen LogP contribution in [0.4, 0.5) is 10.1 Å². The van der Waals surface area contributed by atoms with E-state index in [0.717, 1.165) is 23.4 Å². The summed E-state index contributed by atoms with van der Waals surface area (Å²) >= 11 is 0. The Hall–Kier alpha value is -6.03. The lowest BCUT2D eigenvalue weighted by Gasteiger charge is -2.31. The van der Waals surface area contributed by atoms with Crippen LogP contribution in [0.15, 0.2) is 71.2 Å². The first kappa shape index (κ1) is 38.7. The Kier molecular flexibility index (Phi) is 10.8. The molecule has 55 heavy (non-hydrogen) atoms. The Morgan fingerprint density at radius 3 is 2.31 bits per heavy atom. The van der Waals surface area contributed by atoms with E-state index in [1.54, 1.807) is 18.2 Å². The molecule has 4 aromatic rings. The van der Waals surface area contributed by atoms with Gasteiger partial charge in [0.25, 0.3) is 11.7 Å². The predicted molar refractivity (Wildman–Crippen MR) is 200 cm³/mol.